The Morgan fingerprint density at radius 2 is 1.95 bits per heavy atom. The zero-order valence-corrected chi connectivity index (χ0v) is 13.2. The van der Waals surface area contributed by atoms with E-state index in [4.69, 9.17) is 9.47 Å². The van der Waals surface area contributed by atoms with Crippen molar-refractivity contribution in [3.8, 4) is 5.75 Å². The average molecular weight is 279 g/mol. The molecule has 0 aromatic heterocycles. The molecule has 0 aliphatic rings. The molecule has 0 spiro atoms. The summed E-state index contributed by atoms with van der Waals surface area (Å²) in [7, 11) is 3.02. The average Bonchev–Trinajstić information content (AvgIpc) is 2.42. The van der Waals surface area contributed by atoms with E-state index in [1.165, 1.54) is 12.7 Å². The van der Waals surface area contributed by atoms with Gasteiger partial charge in [-0.2, -0.15) is 0 Å². The van der Waals surface area contributed by atoms with E-state index in [2.05, 4.69) is 26.1 Å². The zero-order valence-electron chi connectivity index (χ0n) is 13.2. The SMILES string of the molecule is CCC(Nc1cc(C(C)(C)C)ccc1OC)C(=O)OC. The Labute approximate surface area is 121 Å². The molecule has 0 amide bonds. The highest BCUT2D eigenvalue weighted by Gasteiger charge is 2.20. The molecule has 0 heterocycles. The molecule has 0 saturated carbocycles. The van der Waals surface area contributed by atoms with E-state index in [0.717, 1.165) is 11.4 Å². The summed E-state index contributed by atoms with van der Waals surface area (Å²) < 4.78 is 10.2. The maximum atomic E-state index is 11.7. The van der Waals surface area contributed by atoms with Gasteiger partial charge in [0.2, 0.25) is 0 Å². The van der Waals surface area contributed by atoms with Crippen LogP contribution in [0.15, 0.2) is 18.2 Å². The van der Waals surface area contributed by atoms with Gasteiger partial charge in [-0.15, -0.1) is 0 Å². The molecule has 0 aliphatic carbocycles. The van der Waals surface area contributed by atoms with Crippen molar-refractivity contribution in [1.82, 2.24) is 0 Å². The lowest BCUT2D eigenvalue weighted by molar-refractivity contribution is -0.141. The van der Waals surface area contributed by atoms with Gasteiger partial charge < -0.3 is 14.8 Å². The minimum Gasteiger partial charge on any atom is -0.495 e. The third-order valence-corrected chi connectivity index (χ3v) is 3.29. The van der Waals surface area contributed by atoms with Gasteiger partial charge >= 0.3 is 5.97 Å². The van der Waals surface area contributed by atoms with Crippen molar-refractivity contribution in [2.75, 3.05) is 19.5 Å². The van der Waals surface area contributed by atoms with Crippen molar-refractivity contribution >= 4 is 11.7 Å². The number of benzene rings is 1. The molecule has 0 saturated heterocycles. The van der Waals surface area contributed by atoms with Gasteiger partial charge in [0.1, 0.15) is 11.8 Å². The predicted octanol–water partition coefficient (Wildman–Crippen LogP) is 3.36. The van der Waals surface area contributed by atoms with Crippen LogP contribution in [0.4, 0.5) is 5.69 Å². The number of nitrogens with one attached hydrogen (secondary N) is 1. The Balaban J connectivity index is 3.11. The summed E-state index contributed by atoms with van der Waals surface area (Å²) in [6.45, 7) is 8.39. The second kappa shape index (κ2) is 6.64. The highest BCUT2D eigenvalue weighted by molar-refractivity contribution is 5.80. The quantitative estimate of drug-likeness (QED) is 0.840. The molecule has 4 nitrogen and oxygen atoms in total. The van der Waals surface area contributed by atoms with E-state index in [9.17, 15) is 4.79 Å². The highest BCUT2D eigenvalue weighted by Crippen LogP contribution is 2.32. The molecule has 1 atom stereocenters. The molecule has 112 valence electrons. The first-order valence-corrected chi connectivity index (χ1v) is 6.86. The lowest BCUT2D eigenvalue weighted by atomic mass is 9.86. The molecule has 0 aliphatic heterocycles. The Morgan fingerprint density at radius 1 is 1.30 bits per heavy atom. The van der Waals surface area contributed by atoms with Gasteiger partial charge in [-0.25, -0.2) is 4.79 Å². The Morgan fingerprint density at radius 3 is 2.40 bits per heavy atom. The smallest absolute Gasteiger partial charge is 0.328 e. The van der Waals surface area contributed by atoms with Crippen LogP contribution in [0.25, 0.3) is 0 Å². The van der Waals surface area contributed by atoms with Crippen molar-refractivity contribution in [1.29, 1.82) is 0 Å². The van der Waals surface area contributed by atoms with Crippen LogP contribution < -0.4 is 10.1 Å². The first kappa shape index (κ1) is 16.3. The summed E-state index contributed by atoms with van der Waals surface area (Å²) in [6, 6.07) is 5.63. The van der Waals surface area contributed by atoms with Crippen LogP contribution in [0, 0.1) is 0 Å². The Hall–Kier alpha value is -1.71. The van der Waals surface area contributed by atoms with Crippen molar-refractivity contribution in [2.45, 2.75) is 45.6 Å². The molecule has 1 unspecified atom stereocenters. The number of carbonyl (C=O) groups is 1. The predicted molar refractivity (Wildman–Crippen MR) is 81.4 cm³/mol. The fourth-order valence-electron chi connectivity index (χ4n) is 1.94. The monoisotopic (exact) mass is 279 g/mol. The lowest BCUT2D eigenvalue weighted by Gasteiger charge is -2.23. The van der Waals surface area contributed by atoms with Crippen LogP contribution in [0.5, 0.6) is 5.75 Å². The lowest BCUT2D eigenvalue weighted by Crippen LogP contribution is -2.30. The van der Waals surface area contributed by atoms with Crippen LogP contribution in [-0.4, -0.2) is 26.2 Å². The second-order valence-electron chi connectivity index (χ2n) is 5.79. The van der Waals surface area contributed by atoms with Gasteiger partial charge in [0.25, 0.3) is 0 Å². The van der Waals surface area contributed by atoms with Gasteiger partial charge in [-0.3, -0.25) is 0 Å². The molecule has 1 rings (SSSR count). The number of hydrogen-bond acceptors (Lipinski definition) is 4. The third-order valence-electron chi connectivity index (χ3n) is 3.29. The summed E-state index contributed by atoms with van der Waals surface area (Å²) in [6.07, 6.45) is 0.648. The van der Waals surface area contributed by atoms with Crippen LogP contribution in [0.1, 0.15) is 39.7 Å². The van der Waals surface area contributed by atoms with Gasteiger partial charge in [0.05, 0.1) is 19.9 Å². The third kappa shape index (κ3) is 3.89. The number of ether oxygens (including phenoxy) is 2. The largest absolute Gasteiger partial charge is 0.495 e. The molecule has 0 fully saturated rings. The number of carbonyl (C=O) groups excluding carboxylic acids is 1. The summed E-state index contributed by atoms with van der Waals surface area (Å²) >= 11 is 0. The molecule has 1 aromatic rings. The van der Waals surface area contributed by atoms with Gasteiger partial charge in [-0.05, 0) is 29.5 Å². The number of hydrogen-bond donors (Lipinski definition) is 1. The van der Waals surface area contributed by atoms with Gasteiger partial charge in [-0.1, -0.05) is 33.8 Å². The maximum absolute atomic E-state index is 11.7. The van der Waals surface area contributed by atoms with Crippen LogP contribution in [-0.2, 0) is 14.9 Å². The number of esters is 1. The van der Waals surface area contributed by atoms with E-state index in [1.807, 2.05) is 25.1 Å². The van der Waals surface area contributed by atoms with E-state index < -0.39 is 0 Å². The fourth-order valence-corrected chi connectivity index (χ4v) is 1.94. The molecular formula is C16H25NO3. The second-order valence-corrected chi connectivity index (χ2v) is 5.79. The Kier molecular flexibility index (Phi) is 5.43. The molecule has 20 heavy (non-hydrogen) atoms. The molecule has 0 bridgehead atoms. The molecule has 1 N–H and O–H groups in total. The van der Waals surface area contributed by atoms with Crippen LogP contribution >= 0.6 is 0 Å². The van der Waals surface area contributed by atoms with E-state index in [0.29, 0.717) is 6.42 Å². The van der Waals surface area contributed by atoms with E-state index >= 15 is 0 Å². The van der Waals surface area contributed by atoms with Gasteiger partial charge in [0, 0.05) is 0 Å². The number of methoxy groups -OCH3 is 2. The molecule has 4 heteroatoms. The number of rotatable bonds is 5. The number of anilines is 1. The topological polar surface area (TPSA) is 47.6 Å². The Bertz CT molecular complexity index is 463. The van der Waals surface area contributed by atoms with Crippen LogP contribution in [0.2, 0.25) is 0 Å². The van der Waals surface area contributed by atoms with Gasteiger partial charge in [0.15, 0.2) is 0 Å². The molecule has 1 aromatic carbocycles. The molecular weight excluding hydrogens is 254 g/mol. The normalized spacial score (nSPS) is 12.7. The van der Waals surface area contributed by atoms with E-state index in [1.54, 1.807) is 7.11 Å². The van der Waals surface area contributed by atoms with E-state index in [-0.39, 0.29) is 17.4 Å². The minimum atomic E-state index is -0.371. The summed E-state index contributed by atoms with van der Waals surface area (Å²) in [5.41, 5.74) is 2.04. The van der Waals surface area contributed by atoms with Crippen LogP contribution in [0.3, 0.4) is 0 Å². The first-order chi connectivity index (χ1) is 9.33. The standard InChI is InChI=1S/C16H25NO3/c1-7-12(15(18)20-6)17-13-10-11(16(2,3)4)8-9-14(13)19-5/h8-10,12,17H,7H2,1-6H3. The summed E-state index contributed by atoms with van der Waals surface area (Å²) in [4.78, 5) is 11.7. The zero-order chi connectivity index (χ0) is 15.3. The minimum absolute atomic E-state index is 0.0374. The van der Waals surface area contributed by atoms with Crippen molar-refractivity contribution in [2.24, 2.45) is 0 Å². The van der Waals surface area contributed by atoms with Crippen molar-refractivity contribution < 1.29 is 14.3 Å². The molecule has 0 radical (unpaired) electrons. The summed E-state index contributed by atoms with van der Waals surface area (Å²) in [5, 5.41) is 3.21. The van der Waals surface area contributed by atoms with Crippen molar-refractivity contribution in [3.63, 3.8) is 0 Å². The highest BCUT2D eigenvalue weighted by atomic mass is 16.5. The fraction of sp³-hybridized carbons (Fsp3) is 0.562. The first-order valence-electron chi connectivity index (χ1n) is 6.86. The van der Waals surface area contributed by atoms with Crippen molar-refractivity contribution in [3.05, 3.63) is 23.8 Å². The summed E-state index contributed by atoms with van der Waals surface area (Å²) in [5.74, 6) is 0.455. The maximum Gasteiger partial charge on any atom is 0.328 e.